The molecule has 32 heavy (non-hydrogen) atoms. The highest BCUT2D eigenvalue weighted by molar-refractivity contribution is 6.07. The molecule has 1 N–H and O–H groups in total. The summed E-state index contributed by atoms with van der Waals surface area (Å²) in [4.78, 5) is 30.9. The first-order valence-corrected chi connectivity index (χ1v) is 12.0. The minimum atomic E-state index is -0.698. The minimum Gasteiger partial charge on any atom is -0.310 e. The first kappa shape index (κ1) is 21.2. The first-order chi connectivity index (χ1) is 15.6. The van der Waals surface area contributed by atoms with Gasteiger partial charge in [0.15, 0.2) is 0 Å². The van der Waals surface area contributed by atoms with Crippen LogP contribution in [0, 0.1) is 5.92 Å². The summed E-state index contributed by atoms with van der Waals surface area (Å²) in [6, 6.07) is 20.3. The van der Waals surface area contributed by atoms with Gasteiger partial charge in [-0.2, -0.15) is 0 Å². The van der Waals surface area contributed by atoms with E-state index in [2.05, 4.69) is 29.6 Å². The Morgan fingerprint density at radius 1 is 0.906 bits per heavy atom. The van der Waals surface area contributed by atoms with Gasteiger partial charge in [0.05, 0.1) is 6.54 Å². The van der Waals surface area contributed by atoms with Crippen molar-refractivity contribution in [2.45, 2.75) is 62.6 Å². The lowest BCUT2D eigenvalue weighted by atomic mass is 9.68. The van der Waals surface area contributed by atoms with E-state index in [0.29, 0.717) is 31.8 Å². The van der Waals surface area contributed by atoms with Crippen molar-refractivity contribution in [2.24, 2.45) is 5.92 Å². The maximum Gasteiger partial charge on any atom is 0.327 e. The van der Waals surface area contributed by atoms with Gasteiger partial charge in [-0.15, -0.1) is 0 Å². The molecule has 5 nitrogen and oxygen atoms in total. The predicted octanol–water partition coefficient (Wildman–Crippen LogP) is 4.68. The standard InChI is InChI=1S/C27H33N3O2/c1-28-26(23-13-6-3-7-14-23)15-17-27(18-16-26)24(31)29(19-21-9-4-2-5-10-21)25(32)30(27)20-22-11-8-12-22/h2-7,9-10,13-14,22,28H,8,11-12,15-20H2,1H3. The van der Waals surface area contributed by atoms with E-state index in [1.807, 2.05) is 48.3 Å². The van der Waals surface area contributed by atoms with Gasteiger partial charge in [0.25, 0.3) is 5.91 Å². The van der Waals surface area contributed by atoms with Crippen LogP contribution in [0.15, 0.2) is 60.7 Å². The largest absolute Gasteiger partial charge is 0.327 e. The maximum atomic E-state index is 13.9. The van der Waals surface area contributed by atoms with Crippen molar-refractivity contribution >= 4 is 11.9 Å². The summed E-state index contributed by atoms with van der Waals surface area (Å²) in [7, 11) is 2.01. The van der Waals surface area contributed by atoms with E-state index in [-0.39, 0.29) is 17.5 Å². The number of carbonyl (C=O) groups is 2. The van der Waals surface area contributed by atoms with Crippen LogP contribution in [-0.4, -0.2) is 40.9 Å². The van der Waals surface area contributed by atoms with Gasteiger partial charge in [-0.3, -0.25) is 9.69 Å². The van der Waals surface area contributed by atoms with Crippen LogP contribution < -0.4 is 5.32 Å². The van der Waals surface area contributed by atoms with Crippen LogP contribution in [0.2, 0.25) is 0 Å². The summed E-state index contributed by atoms with van der Waals surface area (Å²) in [5, 5.41) is 3.57. The maximum absolute atomic E-state index is 13.9. The quantitative estimate of drug-likeness (QED) is 0.676. The predicted molar refractivity (Wildman–Crippen MR) is 125 cm³/mol. The van der Waals surface area contributed by atoms with Crippen molar-refractivity contribution in [2.75, 3.05) is 13.6 Å². The van der Waals surface area contributed by atoms with E-state index < -0.39 is 5.54 Å². The number of hydrogen-bond acceptors (Lipinski definition) is 3. The zero-order valence-corrected chi connectivity index (χ0v) is 18.9. The van der Waals surface area contributed by atoms with Crippen molar-refractivity contribution in [1.82, 2.24) is 15.1 Å². The Kier molecular flexibility index (Phi) is 5.54. The Balaban J connectivity index is 1.43. The number of benzene rings is 2. The number of nitrogens with zero attached hydrogens (tertiary/aromatic N) is 2. The second-order valence-corrected chi connectivity index (χ2v) is 9.80. The number of nitrogens with one attached hydrogen (secondary N) is 1. The lowest BCUT2D eigenvalue weighted by Gasteiger charge is -2.48. The summed E-state index contributed by atoms with van der Waals surface area (Å²) in [5.74, 6) is 0.536. The fourth-order valence-electron chi connectivity index (χ4n) is 5.89. The number of amides is 3. The third-order valence-corrected chi connectivity index (χ3v) is 8.21. The molecule has 2 aliphatic carbocycles. The zero-order valence-electron chi connectivity index (χ0n) is 18.9. The molecule has 5 rings (SSSR count). The molecular weight excluding hydrogens is 398 g/mol. The van der Waals surface area contributed by atoms with Gasteiger partial charge in [-0.05, 0) is 62.6 Å². The Bertz CT molecular complexity index is 963. The molecule has 0 unspecified atom stereocenters. The van der Waals surface area contributed by atoms with Crippen LogP contribution in [0.3, 0.4) is 0 Å². The van der Waals surface area contributed by atoms with Crippen molar-refractivity contribution in [3.63, 3.8) is 0 Å². The molecule has 1 spiro atoms. The molecule has 1 aliphatic heterocycles. The molecule has 3 aliphatic rings. The van der Waals surface area contributed by atoms with Gasteiger partial charge in [-0.1, -0.05) is 67.1 Å². The van der Waals surface area contributed by atoms with E-state index in [9.17, 15) is 9.59 Å². The van der Waals surface area contributed by atoms with Crippen LogP contribution in [0.4, 0.5) is 4.79 Å². The molecule has 2 aromatic rings. The molecule has 5 heteroatoms. The SMILES string of the molecule is CNC1(c2ccccc2)CCC2(CC1)C(=O)N(Cc1ccccc1)C(=O)N2CC1CCC1. The lowest BCUT2D eigenvalue weighted by Crippen LogP contribution is -2.57. The van der Waals surface area contributed by atoms with Crippen LogP contribution in [0.1, 0.15) is 56.1 Å². The Labute approximate surface area is 190 Å². The molecule has 2 aromatic carbocycles. The number of carbonyl (C=O) groups excluding carboxylic acids is 2. The monoisotopic (exact) mass is 431 g/mol. The van der Waals surface area contributed by atoms with Crippen molar-refractivity contribution in [3.05, 3.63) is 71.8 Å². The van der Waals surface area contributed by atoms with Gasteiger partial charge in [0.2, 0.25) is 0 Å². The molecule has 1 saturated heterocycles. The minimum absolute atomic E-state index is 0.00319. The number of urea groups is 1. The Morgan fingerprint density at radius 3 is 2.09 bits per heavy atom. The van der Waals surface area contributed by atoms with Gasteiger partial charge in [0, 0.05) is 12.1 Å². The number of hydrogen-bond donors (Lipinski definition) is 1. The van der Waals surface area contributed by atoms with Gasteiger partial charge < -0.3 is 10.2 Å². The van der Waals surface area contributed by atoms with Crippen LogP contribution in [0.5, 0.6) is 0 Å². The fraction of sp³-hybridized carbons (Fsp3) is 0.481. The van der Waals surface area contributed by atoms with Crippen molar-refractivity contribution < 1.29 is 9.59 Å². The first-order valence-electron chi connectivity index (χ1n) is 12.0. The topological polar surface area (TPSA) is 52.7 Å². The summed E-state index contributed by atoms with van der Waals surface area (Å²) in [6.45, 7) is 1.07. The molecule has 2 saturated carbocycles. The van der Waals surface area contributed by atoms with Crippen molar-refractivity contribution in [1.29, 1.82) is 0 Å². The molecule has 168 valence electrons. The summed E-state index contributed by atoms with van der Waals surface area (Å²) < 4.78 is 0. The highest BCUT2D eigenvalue weighted by Gasteiger charge is 2.60. The molecule has 0 aromatic heterocycles. The smallest absolute Gasteiger partial charge is 0.310 e. The third-order valence-electron chi connectivity index (χ3n) is 8.21. The normalized spacial score (nSPS) is 28.4. The highest BCUT2D eigenvalue weighted by Crippen LogP contribution is 2.48. The van der Waals surface area contributed by atoms with E-state index in [0.717, 1.165) is 31.2 Å². The van der Waals surface area contributed by atoms with E-state index in [1.165, 1.54) is 16.9 Å². The summed E-state index contributed by atoms with van der Waals surface area (Å²) in [5.41, 5.74) is 1.42. The molecule has 0 atom stereocenters. The fourth-order valence-corrected chi connectivity index (χ4v) is 5.89. The van der Waals surface area contributed by atoms with E-state index >= 15 is 0 Å². The summed E-state index contributed by atoms with van der Waals surface area (Å²) in [6.07, 6.45) is 6.64. The van der Waals surface area contributed by atoms with Gasteiger partial charge in [0.1, 0.15) is 5.54 Å². The molecule has 1 heterocycles. The Morgan fingerprint density at radius 2 is 1.53 bits per heavy atom. The molecule has 0 radical (unpaired) electrons. The average Bonchev–Trinajstić information content (AvgIpc) is 2.99. The average molecular weight is 432 g/mol. The van der Waals surface area contributed by atoms with Gasteiger partial charge >= 0.3 is 6.03 Å². The highest BCUT2D eigenvalue weighted by atomic mass is 16.2. The van der Waals surface area contributed by atoms with Crippen LogP contribution >= 0.6 is 0 Å². The van der Waals surface area contributed by atoms with Crippen molar-refractivity contribution in [3.8, 4) is 0 Å². The molecule has 0 bridgehead atoms. The van der Waals surface area contributed by atoms with Crippen LogP contribution in [0.25, 0.3) is 0 Å². The Hall–Kier alpha value is -2.66. The second-order valence-electron chi connectivity index (χ2n) is 9.80. The summed E-state index contributed by atoms with van der Waals surface area (Å²) >= 11 is 0. The zero-order chi connectivity index (χ0) is 22.2. The third kappa shape index (κ3) is 3.43. The van der Waals surface area contributed by atoms with E-state index in [1.54, 1.807) is 0 Å². The molecular formula is C27H33N3O2. The number of rotatable bonds is 6. The lowest BCUT2D eigenvalue weighted by molar-refractivity contribution is -0.136. The second kappa shape index (κ2) is 8.36. The molecule has 3 fully saturated rings. The van der Waals surface area contributed by atoms with Gasteiger partial charge in [-0.25, -0.2) is 4.79 Å². The van der Waals surface area contributed by atoms with E-state index in [4.69, 9.17) is 0 Å². The molecule has 3 amide bonds. The number of imide groups is 1. The van der Waals surface area contributed by atoms with Crippen LogP contribution in [-0.2, 0) is 16.9 Å².